The van der Waals surface area contributed by atoms with Crippen LogP contribution in [-0.2, 0) is 7.05 Å². The van der Waals surface area contributed by atoms with Gasteiger partial charge in [-0.1, -0.05) is 0 Å². The van der Waals surface area contributed by atoms with E-state index in [0.29, 0.717) is 17.1 Å². The van der Waals surface area contributed by atoms with Crippen molar-refractivity contribution >= 4 is 17.3 Å². The molecule has 0 bridgehead atoms. The molecule has 17 heavy (non-hydrogen) atoms. The fraction of sp³-hybridized carbons (Fsp3) is 0.0833. The Hall–Kier alpha value is -2.30. The van der Waals surface area contributed by atoms with Crippen LogP contribution in [-0.4, -0.2) is 10.5 Å². The Morgan fingerprint density at radius 3 is 2.53 bits per heavy atom. The Morgan fingerprint density at radius 2 is 2.00 bits per heavy atom. The van der Waals surface area contributed by atoms with Crippen LogP contribution in [0.4, 0.5) is 15.8 Å². The molecule has 0 saturated carbocycles. The molecule has 1 aromatic carbocycles. The number of nitrogens with one attached hydrogen (secondary N) is 1. The summed E-state index contributed by atoms with van der Waals surface area (Å²) in [4.78, 5) is 11.9. The smallest absolute Gasteiger partial charge is 0.272 e. The van der Waals surface area contributed by atoms with Crippen molar-refractivity contribution in [3.8, 4) is 0 Å². The van der Waals surface area contributed by atoms with Crippen molar-refractivity contribution in [3.63, 3.8) is 0 Å². The van der Waals surface area contributed by atoms with E-state index in [0.717, 1.165) is 0 Å². The first-order chi connectivity index (χ1) is 8.06. The summed E-state index contributed by atoms with van der Waals surface area (Å²) in [5.41, 5.74) is 7.09. The summed E-state index contributed by atoms with van der Waals surface area (Å²) < 4.78 is 14.3. The average Bonchev–Trinajstić information content (AvgIpc) is 2.61. The lowest BCUT2D eigenvalue weighted by Gasteiger charge is -2.05. The molecule has 1 aromatic heterocycles. The molecule has 0 atom stereocenters. The summed E-state index contributed by atoms with van der Waals surface area (Å²) in [6, 6.07) is 7.15. The van der Waals surface area contributed by atoms with Crippen molar-refractivity contribution in [2.75, 3.05) is 11.1 Å². The monoisotopic (exact) mass is 233 g/mol. The molecule has 2 rings (SSSR count). The fourth-order valence-corrected chi connectivity index (χ4v) is 1.54. The summed E-state index contributed by atoms with van der Waals surface area (Å²) in [7, 11) is 1.73. The number of nitrogens with two attached hydrogens (primary N) is 1. The molecule has 5 heteroatoms. The van der Waals surface area contributed by atoms with Gasteiger partial charge < -0.3 is 15.6 Å². The molecule has 0 fully saturated rings. The summed E-state index contributed by atoms with van der Waals surface area (Å²) in [5.74, 6) is -0.623. The number of nitrogen functional groups attached to an aromatic ring is 1. The lowest BCUT2D eigenvalue weighted by Crippen LogP contribution is -2.15. The van der Waals surface area contributed by atoms with E-state index in [-0.39, 0.29) is 11.7 Å². The lowest BCUT2D eigenvalue weighted by molar-refractivity contribution is 0.101. The van der Waals surface area contributed by atoms with Crippen LogP contribution < -0.4 is 11.1 Å². The normalized spacial score (nSPS) is 10.2. The molecule has 2 aromatic rings. The Labute approximate surface area is 97.9 Å². The van der Waals surface area contributed by atoms with Gasteiger partial charge in [0.25, 0.3) is 5.91 Å². The average molecular weight is 233 g/mol. The van der Waals surface area contributed by atoms with Crippen molar-refractivity contribution in [1.29, 1.82) is 0 Å². The number of hydrogen-bond acceptors (Lipinski definition) is 2. The van der Waals surface area contributed by atoms with E-state index in [1.807, 2.05) is 0 Å². The van der Waals surface area contributed by atoms with E-state index >= 15 is 0 Å². The molecule has 3 N–H and O–H groups in total. The summed E-state index contributed by atoms with van der Waals surface area (Å²) in [5, 5.41) is 2.66. The van der Waals surface area contributed by atoms with E-state index in [1.54, 1.807) is 23.9 Å². The minimum Gasteiger partial charge on any atom is -0.397 e. The number of anilines is 2. The number of hydrogen-bond donors (Lipinski definition) is 2. The first-order valence-corrected chi connectivity index (χ1v) is 5.05. The van der Waals surface area contributed by atoms with Crippen LogP contribution in [0, 0.1) is 5.82 Å². The van der Waals surface area contributed by atoms with Gasteiger partial charge in [-0.3, -0.25) is 4.79 Å². The van der Waals surface area contributed by atoms with Crippen LogP contribution in [0.5, 0.6) is 0 Å². The maximum atomic E-state index is 12.7. The number of carbonyl (C=O) groups is 1. The van der Waals surface area contributed by atoms with Crippen LogP contribution in [0.25, 0.3) is 0 Å². The number of aromatic nitrogens is 1. The zero-order chi connectivity index (χ0) is 12.4. The van der Waals surface area contributed by atoms with Gasteiger partial charge in [0.2, 0.25) is 0 Å². The maximum absolute atomic E-state index is 12.7. The molecule has 1 heterocycles. The molecular formula is C12H12FN3O. The molecule has 0 aliphatic heterocycles. The third-order valence-corrected chi connectivity index (χ3v) is 2.36. The van der Waals surface area contributed by atoms with E-state index in [9.17, 15) is 9.18 Å². The number of nitrogens with zero attached hydrogens (tertiary/aromatic N) is 1. The zero-order valence-electron chi connectivity index (χ0n) is 9.27. The summed E-state index contributed by atoms with van der Waals surface area (Å²) >= 11 is 0. The Morgan fingerprint density at radius 1 is 1.35 bits per heavy atom. The highest BCUT2D eigenvalue weighted by atomic mass is 19.1. The predicted molar refractivity (Wildman–Crippen MR) is 64.2 cm³/mol. The van der Waals surface area contributed by atoms with E-state index in [2.05, 4.69) is 5.32 Å². The third-order valence-electron chi connectivity index (χ3n) is 2.36. The quantitative estimate of drug-likeness (QED) is 0.833. The van der Waals surface area contributed by atoms with Crippen LogP contribution >= 0.6 is 0 Å². The number of aryl methyl sites for hydroxylation is 1. The van der Waals surface area contributed by atoms with E-state index in [4.69, 9.17) is 5.73 Å². The first kappa shape index (κ1) is 11.2. The third kappa shape index (κ3) is 2.44. The highest BCUT2D eigenvalue weighted by Crippen LogP contribution is 2.13. The predicted octanol–water partition coefficient (Wildman–Crippen LogP) is 2.00. The second-order valence-corrected chi connectivity index (χ2v) is 3.73. The topological polar surface area (TPSA) is 60.0 Å². The number of amides is 1. The Kier molecular flexibility index (Phi) is 2.82. The van der Waals surface area contributed by atoms with Gasteiger partial charge in [0.05, 0.1) is 5.69 Å². The van der Waals surface area contributed by atoms with Gasteiger partial charge >= 0.3 is 0 Å². The molecule has 0 saturated heterocycles. The number of rotatable bonds is 2. The molecule has 0 aliphatic carbocycles. The molecule has 0 radical (unpaired) electrons. The molecule has 0 spiro atoms. The Balaban J connectivity index is 2.17. The van der Waals surface area contributed by atoms with Crippen molar-refractivity contribution in [3.05, 3.63) is 48.0 Å². The van der Waals surface area contributed by atoms with Crippen LogP contribution in [0.2, 0.25) is 0 Å². The van der Waals surface area contributed by atoms with Crippen molar-refractivity contribution in [2.24, 2.45) is 7.05 Å². The molecular weight excluding hydrogens is 221 g/mol. The molecule has 88 valence electrons. The van der Waals surface area contributed by atoms with Gasteiger partial charge in [0, 0.05) is 18.9 Å². The minimum atomic E-state index is -0.342. The lowest BCUT2D eigenvalue weighted by atomic mass is 10.3. The maximum Gasteiger partial charge on any atom is 0.272 e. The Bertz CT molecular complexity index is 545. The van der Waals surface area contributed by atoms with E-state index in [1.165, 1.54) is 24.3 Å². The largest absolute Gasteiger partial charge is 0.397 e. The molecule has 0 aliphatic rings. The van der Waals surface area contributed by atoms with Gasteiger partial charge in [-0.25, -0.2) is 4.39 Å². The van der Waals surface area contributed by atoms with Gasteiger partial charge in [-0.15, -0.1) is 0 Å². The second kappa shape index (κ2) is 4.29. The van der Waals surface area contributed by atoms with Gasteiger partial charge in [0.1, 0.15) is 11.5 Å². The SMILES string of the molecule is Cn1cc(N)cc1C(=O)Nc1ccc(F)cc1. The van der Waals surface area contributed by atoms with Gasteiger partial charge in [-0.2, -0.15) is 0 Å². The fourth-order valence-electron chi connectivity index (χ4n) is 1.54. The summed E-state index contributed by atoms with van der Waals surface area (Å²) in [6.07, 6.45) is 1.65. The second-order valence-electron chi connectivity index (χ2n) is 3.73. The number of halogens is 1. The van der Waals surface area contributed by atoms with E-state index < -0.39 is 0 Å². The summed E-state index contributed by atoms with van der Waals surface area (Å²) in [6.45, 7) is 0. The highest BCUT2D eigenvalue weighted by molar-refractivity contribution is 6.03. The molecule has 0 unspecified atom stereocenters. The van der Waals surface area contributed by atoms with Gasteiger partial charge in [-0.05, 0) is 30.3 Å². The zero-order valence-corrected chi connectivity index (χ0v) is 9.27. The van der Waals surface area contributed by atoms with Crippen molar-refractivity contribution < 1.29 is 9.18 Å². The highest BCUT2D eigenvalue weighted by Gasteiger charge is 2.10. The van der Waals surface area contributed by atoms with Crippen molar-refractivity contribution in [2.45, 2.75) is 0 Å². The van der Waals surface area contributed by atoms with Crippen molar-refractivity contribution in [1.82, 2.24) is 4.57 Å². The van der Waals surface area contributed by atoms with Crippen LogP contribution in [0.3, 0.4) is 0 Å². The van der Waals surface area contributed by atoms with Crippen LogP contribution in [0.1, 0.15) is 10.5 Å². The minimum absolute atomic E-state index is 0.282. The standard InChI is InChI=1S/C12H12FN3O/c1-16-7-9(14)6-11(16)12(17)15-10-4-2-8(13)3-5-10/h2-7H,14H2,1H3,(H,15,17). The number of benzene rings is 1. The molecule has 1 amide bonds. The first-order valence-electron chi connectivity index (χ1n) is 5.05. The molecule has 4 nitrogen and oxygen atoms in total. The number of carbonyl (C=O) groups excluding carboxylic acids is 1. The van der Waals surface area contributed by atoms with Gasteiger partial charge in [0.15, 0.2) is 0 Å². The van der Waals surface area contributed by atoms with Crippen LogP contribution in [0.15, 0.2) is 36.5 Å².